The van der Waals surface area contributed by atoms with Gasteiger partial charge in [0.15, 0.2) is 9.84 Å². The Labute approximate surface area is 135 Å². The van der Waals surface area contributed by atoms with E-state index in [2.05, 4.69) is 0 Å². The second-order valence-corrected chi connectivity index (χ2v) is 8.59. The third-order valence-corrected chi connectivity index (χ3v) is 5.77. The number of piperidine rings is 1. The van der Waals surface area contributed by atoms with Gasteiger partial charge in [0.1, 0.15) is 0 Å². The first-order valence-electron chi connectivity index (χ1n) is 7.45. The van der Waals surface area contributed by atoms with Crippen molar-refractivity contribution in [3.8, 4) is 0 Å². The average molecular weight is 341 g/mol. The first kappa shape index (κ1) is 20.7. The summed E-state index contributed by atoms with van der Waals surface area (Å²) < 4.78 is 23.6. The maximum Gasteiger partial charge on any atom is 0.223 e. The van der Waals surface area contributed by atoms with Crippen LogP contribution in [0.15, 0.2) is 0 Å². The van der Waals surface area contributed by atoms with Crippen LogP contribution in [0.2, 0.25) is 0 Å². The number of nitrogens with two attached hydrogens (primary N) is 1. The molecule has 0 radical (unpaired) electrons. The van der Waals surface area contributed by atoms with Crippen molar-refractivity contribution in [3.05, 3.63) is 0 Å². The van der Waals surface area contributed by atoms with Crippen LogP contribution in [0.3, 0.4) is 0 Å². The monoisotopic (exact) mass is 340 g/mol. The molecule has 1 aliphatic rings. The highest BCUT2D eigenvalue weighted by atomic mass is 35.5. The normalized spacial score (nSPS) is 21.0. The van der Waals surface area contributed by atoms with Gasteiger partial charge in [0.2, 0.25) is 5.91 Å². The highest BCUT2D eigenvalue weighted by Crippen LogP contribution is 2.19. The molecule has 0 aliphatic carbocycles. The predicted octanol–water partition coefficient (Wildman–Crippen LogP) is 1.45. The maximum absolute atomic E-state index is 12.1. The molecule has 1 aliphatic heterocycles. The molecule has 1 rings (SSSR count). The molecule has 0 bridgehead atoms. The van der Waals surface area contributed by atoms with E-state index in [1.165, 1.54) is 0 Å². The molecule has 1 fully saturated rings. The molecule has 1 heterocycles. The van der Waals surface area contributed by atoms with E-state index >= 15 is 0 Å². The van der Waals surface area contributed by atoms with Crippen molar-refractivity contribution in [2.45, 2.75) is 46.1 Å². The van der Waals surface area contributed by atoms with E-state index in [4.69, 9.17) is 5.73 Å². The molecule has 2 N–H and O–H groups in total. The molecule has 0 aromatic rings. The number of hydrogen-bond acceptors (Lipinski definition) is 4. The number of hydrogen-bond donors (Lipinski definition) is 1. The Balaban J connectivity index is 0.00000400. The summed E-state index contributed by atoms with van der Waals surface area (Å²) in [6.45, 7) is 7.10. The fourth-order valence-electron chi connectivity index (χ4n) is 2.66. The summed E-state index contributed by atoms with van der Waals surface area (Å²) >= 11 is 0. The largest absolute Gasteiger partial charge is 0.342 e. The summed E-state index contributed by atoms with van der Waals surface area (Å²) in [4.78, 5) is 13.9. The van der Waals surface area contributed by atoms with Crippen LogP contribution in [-0.4, -0.2) is 49.9 Å². The van der Waals surface area contributed by atoms with Gasteiger partial charge in [-0.25, -0.2) is 8.42 Å². The molecular weight excluding hydrogens is 312 g/mol. The highest BCUT2D eigenvalue weighted by molar-refractivity contribution is 7.91. The molecule has 0 saturated carbocycles. The van der Waals surface area contributed by atoms with Gasteiger partial charge in [0.05, 0.1) is 11.5 Å². The Morgan fingerprint density at radius 3 is 2.48 bits per heavy atom. The van der Waals surface area contributed by atoms with Crippen LogP contribution >= 0.6 is 12.4 Å². The van der Waals surface area contributed by atoms with Gasteiger partial charge in [-0.1, -0.05) is 13.8 Å². The number of rotatable bonds is 6. The summed E-state index contributed by atoms with van der Waals surface area (Å²) in [7, 11) is -3.12. The van der Waals surface area contributed by atoms with Gasteiger partial charge in [-0.3, -0.25) is 4.79 Å². The van der Waals surface area contributed by atoms with Crippen molar-refractivity contribution >= 4 is 28.2 Å². The van der Waals surface area contributed by atoms with Crippen molar-refractivity contribution in [1.29, 1.82) is 0 Å². The van der Waals surface area contributed by atoms with Gasteiger partial charge >= 0.3 is 0 Å². The second-order valence-electron chi connectivity index (χ2n) is 6.36. The Bertz CT molecular complexity index is 424. The zero-order chi connectivity index (χ0) is 15.3. The van der Waals surface area contributed by atoms with Crippen LogP contribution in [0.5, 0.6) is 0 Å². The molecule has 0 aromatic carbocycles. The first-order valence-corrected chi connectivity index (χ1v) is 9.27. The van der Waals surface area contributed by atoms with Crippen molar-refractivity contribution in [3.63, 3.8) is 0 Å². The van der Waals surface area contributed by atoms with Gasteiger partial charge in [-0.2, -0.15) is 0 Å². The summed E-state index contributed by atoms with van der Waals surface area (Å²) in [6.07, 6.45) is 2.10. The van der Waals surface area contributed by atoms with E-state index in [9.17, 15) is 13.2 Å². The number of sulfone groups is 1. The minimum atomic E-state index is -3.12. The third-order valence-electron chi connectivity index (χ3n) is 3.77. The minimum absolute atomic E-state index is 0. The summed E-state index contributed by atoms with van der Waals surface area (Å²) in [5.74, 6) is 0.502. The molecular formula is C14H29ClN2O3S. The van der Waals surface area contributed by atoms with Crippen LogP contribution in [0, 0.1) is 11.8 Å². The Morgan fingerprint density at radius 2 is 1.95 bits per heavy atom. The highest BCUT2D eigenvalue weighted by Gasteiger charge is 2.26. The van der Waals surface area contributed by atoms with E-state index < -0.39 is 9.84 Å². The molecule has 0 aromatic heterocycles. The van der Waals surface area contributed by atoms with Crippen molar-refractivity contribution < 1.29 is 13.2 Å². The van der Waals surface area contributed by atoms with Crippen LogP contribution in [-0.2, 0) is 14.6 Å². The van der Waals surface area contributed by atoms with E-state index in [0.29, 0.717) is 12.5 Å². The van der Waals surface area contributed by atoms with E-state index in [-0.39, 0.29) is 48.2 Å². The molecule has 1 saturated heterocycles. The smallest absolute Gasteiger partial charge is 0.223 e. The number of halogens is 1. The number of carbonyl (C=O) groups is 1. The molecule has 2 atom stereocenters. The number of carbonyl (C=O) groups excluding carboxylic acids is 1. The fraction of sp³-hybridized carbons (Fsp3) is 0.929. The van der Waals surface area contributed by atoms with Crippen LogP contribution in [0.4, 0.5) is 0 Å². The lowest BCUT2D eigenvalue weighted by Gasteiger charge is -2.34. The number of likely N-dealkylation sites (tertiary alicyclic amines) is 1. The fourth-order valence-corrected chi connectivity index (χ4v) is 4.33. The van der Waals surface area contributed by atoms with E-state index in [1.54, 1.807) is 4.90 Å². The Hall–Kier alpha value is -0.330. The molecule has 5 nitrogen and oxygen atoms in total. The van der Waals surface area contributed by atoms with Gasteiger partial charge in [0, 0.05) is 25.6 Å². The standard InChI is InChI=1S/C14H28N2O3S.ClH/c1-11(2)10-20(18,19)8-6-14(17)16-7-4-5-13(9-16)12(3)15;/h11-13H,4-10,15H2,1-3H3;1H. The summed E-state index contributed by atoms with van der Waals surface area (Å²) in [6, 6.07) is 0.0790. The van der Waals surface area contributed by atoms with Crippen LogP contribution in [0.25, 0.3) is 0 Å². The quantitative estimate of drug-likeness (QED) is 0.793. The maximum atomic E-state index is 12.1. The van der Waals surface area contributed by atoms with Crippen LogP contribution in [0.1, 0.15) is 40.0 Å². The summed E-state index contributed by atoms with van der Waals surface area (Å²) in [5, 5.41) is 0. The second kappa shape index (κ2) is 8.96. The lowest BCUT2D eigenvalue weighted by Crippen LogP contribution is -2.45. The SMILES string of the molecule is CC(C)CS(=O)(=O)CCC(=O)N1CCCC(C(C)N)C1.Cl. The summed E-state index contributed by atoms with van der Waals surface area (Å²) in [5.41, 5.74) is 5.89. The number of nitrogens with zero attached hydrogens (tertiary/aromatic N) is 1. The predicted molar refractivity (Wildman–Crippen MR) is 88.3 cm³/mol. The van der Waals surface area contributed by atoms with Crippen molar-refractivity contribution in [2.24, 2.45) is 17.6 Å². The lowest BCUT2D eigenvalue weighted by atomic mass is 9.92. The van der Waals surface area contributed by atoms with Crippen molar-refractivity contribution in [1.82, 2.24) is 4.90 Å². The van der Waals surface area contributed by atoms with E-state index in [0.717, 1.165) is 19.4 Å². The van der Waals surface area contributed by atoms with Gasteiger partial charge < -0.3 is 10.6 Å². The third kappa shape index (κ3) is 7.47. The average Bonchev–Trinajstić information content (AvgIpc) is 2.34. The molecule has 126 valence electrons. The molecule has 1 amide bonds. The minimum Gasteiger partial charge on any atom is -0.342 e. The Morgan fingerprint density at radius 1 is 1.33 bits per heavy atom. The molecule has 21 heavy (non-hydrogen) atoms. The molecule has 7 heteroatoms. The zero-order valence-corrected chi connectivity index (χ0v) is 14.9. The lowest BCUT2D eigenvalue weighted by molar-refractivity contribution is -0.132. The van der Waals surface area contributed by atoms with Gasteiger partial charge in [-0.15, -0.1) is 12.4 Å². The first-order chi connectivity index (χ1) is 9.21. The number of amides is 1. The van der Waals surface area contributed by atoms with Crippen molar-refractivity contribution in [2.75, 3.05) is 24.6 Å². The van der Waals surface area contributed by atoms with Crippen LogP contribution < -0.4 is 5.73 Å². The topological polar surface area (TPSA) is 80.5 Å². The zero-order valence-electron chi connectivity index (χ0n) is 13.2. The molecule has 0 spiro atoms. The molecule has 2 unspecified atom stereocenters. The van der Waals surface area contributed by atoms with Gasteiger partial charge in [0.25, 0.3) is 0 Å². The van der Waals surface area contributed by atoms with Gasteiger partial charge in [-0.05, 0) is 31.6 Å². The van der Waals surface area contributed by atoms with E-state index in [1.807, 2.05) is 20.8 Å². The Kier molecular flexibility index (Phi) is 8.81.